The SMILES string of the molecule is CC[C@@H]1CSC2=N[C@@H](c3ccccn3)[C@@H](c3cc4c(cc3Cl)N(C)C(C)(C)C=C4C)N21. The Morgan fingerprint density at radius 1 is 1.26 bits per heavy atom. The van der Waals surface area contributed by atoms with Gasteiger partial charge in [0.2, 0.25) is 0 Å². The highest BCUT2D eigenvalue weighted by atomic mass is 35.5. The molecule has 6 heteroatoms. The first-order valence-electron chi connectivity index (χ1n) is 11.0. The molecule has 31 heavy (non-hydrogen) atoms. The molecule has 0 bridgehead atoms. The van der Waals surface area contributed by atoms with Gasteiger partial charge in [-0.15, -0.1) is 0 Å². The molecule has 4 nitrogen and oxygen atoms in total. The summed E-state index contributed by atoms with van der Waals surface area (Å²) in [4.78, 5) is 14.6. The van der Waals surface area contributed by atoms with Crippen LogP contribution < -0.4 is 4.90 Å². The minimum absolute atomic E-state index is 0.0407. The zero-order valence-corrected chi connectivity index (χ0v) is 20.3. The molecule has 1 fully saturated rings. The quantitative estimate of drug-likeness (QED) is 0.543. The second-order valence-corrected chi connectivity index (χ2v) is 10.7. The third-order valence-electron chi connectivity index (χ3n) is 6.98. The average molecular weight is 453 g/mol. The third-order valence-corrected chi connectivity index (χ3v) is 8.44. The molecule has 0 N–H and O–H groups in total. The van der Waals surface area contributed by atoms with E-state index in [0.717, 1.165) is 33.6 Å². The van der Waals surface area contributed by atoms with Crippen LogP contribution in [0, 0.1) is 0 Å². The van der Waals surface area contributed by atoms with E-state index < -0.39 is 0 Å². The van der Waals surface area contributed by atoms with Crippen LogP contribution in [0.3, 0.4) is 0 Å². The van der Waals surface area contributed by atoms with Gasteiger partial charge in [-0.3, -0.25) is 9.98 Å². The van der Waals surface area contributed by atoms with Crippen LogP contribution in [-0.2, 0) is 0 Å². The van der Waals surface area contributed by atoms with Crippen LogP contribution in [0.25, 0.3) is 5.57 Å². The lowest BCUT2D eigenvalue weighted by atomic mass is 9.86. The molecule has 3 aliphatic heterocycles. The number of fused-ring (bicyclic) bond motifs is 2. The molecule has 0 saturated carbocycles. The van der Waals surface area contributed by atoms with E-state index in [1.54, 1.807) is 0 Å². The van der Waals surface area contributed by atoms with Gasteiger partial charge in [-0.2, -0.15) is 0 Å². The summed E-state index contributed by atoms with van der Waals surface area (Å²) in [5.41, 5.74) is 5.86. The van der Waals surface area contributed by atoms with Crippen molar-refractivity contribution in [2.24, 2.45) is 4.99 Å². The Kier molecular flexibility index (Phi) is 5.10. The highest BCUT2D eigenvalue weighted by molar-refractivity contribution is 8.14. The van der Waals surface area contributed by atoms with Crippen molar-refractivity contribution in [3.05, 3.63) is 64.4 Å². The van der Waals surface area contributed by atoms with Crippen LogP contribution >= 0.6 is 23.4 Å². The van der Waals surface area contributed by atoms with Gasteiger partial charge in [-0.05, 0) is 62.6 Å². The standard InChI is InChI=1S/C25H29ClN4S/c1-6-16-14-31-24-28-22(20-9-7-8-10-27-20)23(30(16)24)18-11-17-15(2)13-25(3,4)29(5)21(17)12-19(18)26/h7-13,16,22-23H,6,14H2,1-5H3/t16-,22+,23-/m1/s1. The van der Waals surface area contributed by atoms with Crippen molar-refractivity contribution in [2.45, 2.75) is 57.8 Å². The summed E-state index contributed by atoms with van der Waals surface area (Å²) >= 11 is 8.89. The van der Waals surface area contributed by atoms with E-state index >= 15 is 0 Å². The minimum atomic E-state index is -0.0457. The number of benzene rings is 1. The largest absolute Gasteiger partial charge is 0.365 e. The van der Waals surface area contributed by atoms with Crippen molar-refractivity contribution in [3.63, 3.8) is 0 Å². The third kappa shape index (κ3) is 3.28. The van der Waals surface area contributed by atoms with Gasteiger partial charge >= 0.3 is 0 Å². The summed E-state index contributed by atoms with van der Waals surface area (Å²) in [5, 5.41) is 1.94. The first-order chi connectivity index (χ1) is 14.8. The summed E-state index contributed by atoms with van der Waals surface area (Å²) < 4.78 is 0. The number of aliphatic imine (C=N–C) groups is 1. The molecule has 0 aliphatic carbocycles. The number of amidine groups is 1. The molecule has 5 rings (SSSR count). The van der Waals surface area contributed by atoms with Crippen LogP contribution in [0.5, 0.6) is 0 Å². The number of thioether (sulfide) groups is 1. The fourth-order valence-electron chi connectivity index (χ4n) is 5.10. The number of aromatic nitrogens is 1. The maximum atomic E-state index is 7.03. The van der Waals surface area contributed by atoms with E-state index in [-0.39, 0.29) is 17.6 Å². The van der Waals surface area contributed by atoms with E-state index in [1.165, 1.54) is 16.8 Å². The van der Waals surface area contributed by atoms with Gasteiger partial charge in [-0.1, -0.05) is 42.4 Å². The summed E-state index contributed by atoms with van der Waals surface area (Å²) in [6.45, 7) is 8.95. The van der Waals surface area contributed by atoms with Gasteiger partial charge in [0.05, 0.1) is 17.3 Å². The number of anilines is 1. The van der Waals surface area contributed by atoms with Crippen LogP contribution in [0.15, 0.2) is 47.6 Å². The average Bonchev–Trinajstić information content (AvgIpc) is 3.31. The normalized spacial score (nSPS) is 26.5. The molecular weight excluding hydrogens is 424 g/mol. The predicted octanol–water partition coefficient (Wildman–Crippen LogP) is 6.35. The molecule has 2 aromatic rings. The van der Waals surface area contributed by atoms with Gasteiger partial charge in [0.25, 0.3) is 0 Å². The number of hydrogen-bond donors (Lipinski definition) is 0. The molecule has 0 spiro atoms. The van der Waals surface area contributed by atoms with Crippen LogP contribution in [0.2, 0.25) is 5.02 Å². The predicted molar refractivity (Wildman–Crippen MR) is 133 cm³/mol. The highest BCUT2D eigenvalue weighted by Crippen LogP contribution is 2.51. The number of allylic oxidation sites excluding steroid dienone is 1. The van der Waals surface area contributed by atoms with Crippen molar-refractivity contribution in [2.75, 3.05) is 17.7 Å². The van der Waals surface area contributed by atoms with Crippen molar-refractivity contribution >= 4 is 39.8 Å². The maximum absolute atomic E-state index is 7.03. The van der Waals surface area contributed by atoms with Crippen LogP contribution in [0.4, 0.5) is 5.69 Å². The Morgan fingerprint density at radius 2 is 2.06 bits per heavy atom. The van der Waals surface area contributed by atoms with E-state index in [4.69, 9.17) is 16.6 Å². The van der Waals surface area contributed by atoms with Gasteiger partial charge in [0, 0.05) is 41.3 Å². The number of rotatable bonds is 3. The lowest BCUT2D eigenvalue weighted by Gasteiger charge is -2.41. The molecule has 0 amide bonds. The molecule has 1 aromatic heterocycles. The van der Waals surface area contributed by atoms with Gasteiger partial charge in [0.15, 0.2) is 5.17 Å². The zero-order valence-electron chi connectivity index (χ0n) is 18.8. The molecule has 3 aliphatic rings. The number of pyridine rings is 1. The Morgan fingerprint density at radius 3 is 2.77 bits per heavy atom. The molecule has 0 unspecified atom stereocenters. The smallest absolute Gasteiger partial charge is 0.160 e. The molecule has 162 valence electrons. The summed E-state index contributed by atoms with van der Waals surface area (Å²) in [7, 11) is 2.15. The maximum Gasteiger partial charge on any atom is 0.160 e. The van der Waals surface area contributed by atoms with Crippen molar-refractivity contribution < 1.29 is 0 Å². The van der Waals surface area contributed by atoms with Crippen molar-refractivity contribution in [3.8, 4) is 0 Å². The minimum Gasteiger partial charge on any atom is -0.365 e. The number of nitrogens with zero attached hydrogens (tertiary/aromatic N) is 4. The van der Waals surface area contributed by atoms with Gasteiger partial charge < -0.3 is 9.80 Å². The Balaban J connectivity index is 1.66. The van der Waals surface area contributed by atoms with E-state index in [9.17, 15) is 0 Å². The second kappa shape index (κ2) is 7.56. The lowest BCUT2D eigenvalue weighted by Crippen LogP contribution is -2.42. The molecule has 4 heterocycles. The van der Waals surface area contributed by atoms with Gasteiger partial charge in [0.1, 0.15) is 6.04 Å². The number of likely N-dealkylation sites (N-methyl/N-ethyl adjacent to an activating group) is 1. The van der Waals surface area contributed by atoms with Crippen molar-refractivity contribution in [1.29, 1.82) is 0 Å². The summed E-state index contributed by atoms with van der Waals surface area (Å²) in [6, 6.07) is 11.0. The fraction of sp³-hybridized carbons (Fsp3) is 0.440. The van der Waals surface area contributed by atoms with E-state index in [2.05, 4.69) is 73.8 Å². The topological polar surface area (TPSA) is 31.7 Å². The second-order valence-electron chi connectivity index (χ2n) is 9.27. The first-order valence-corrected chi connectivity index (χ1v) is 12.3. The number of hydrogen-bond acceptors (Lipinski definition) is 5. The lowest BCUT2D eigenvalue weighted by molar-refractivity contribution is 0.255. The molecule has 1 saturated heterocycles. The Labute approximate surface area is 194 Å². The van der Waals surface area contributed by atoms with E-state index in [1.807, 2.05) is 30.1 Å². The summed E-state index contributed by atoms with van der Waals surface area (Å²) in [6.07, 6.45) is 5.30. The molecule has 3 atom stereocenters. The monoisotopic (exact) mass is 452 g/mol. The van der Waals surface area contributed by atoms with Crippen LogP contribution in [-0.4, -0.2) is 39.4 Å². The zero-order chi connectivity index (χ0) is 21.9. The highest BCUT2D eigenvalue weighted by Gasteiger charge is 2.46. The van der Waals surface area contributed by atoms with E-state index in [0.29, 0.717) is 6.04 Å². The first kappa shape index (κ1) is 20.9. The van der Waals surface area contributed by atoms with Crippen molar-refractivity contribution in [1.82, 2.24) is 9.88 Å². The number of halogens is 1. The molecule has 1 aromatic carbocycles. The molecule has 0 radical (unpaired) electrons. The van der Waals surface area contributed by atoms with Gasteiger partial charge in [-0.25, -0.2) is 0 Å². The Bertz CT molecular complexity index is 1080. The summed E-state index contributed by atoms with van der Waals surface area (Å²) in [5.74, 6) is 1.08. The Hall–Kier alpha value is -1.98. The molecular formula is C25H29ClN4S. The van der Waals surface area contributed by atoms with Crippen LogP contribution in [0.1, 0.15) is 63.0 Å². The fourth-order valence-corrected chi connectivity index (χ4v) is 6.71.